The van der Waals surface area contributed by atoms with Crippen LogP contribution in [0.25, 0.3) is 0 Å². The van der Waals surface area contributed by atoms with E-state index >= 15 is 0 Å². The highest BCUT2D eigenvalue weighted by molar-refractivity contribution is 6.31. The molecule has 1 unspecified atom stereocenters. The second-order valence-corrected chi connectivity index (χ2v) is 6.36. The van der Waals surface area contributed by atoms with Crippen LogP contribution in [0.4, 0.5) is 4.39 Å². The average molecular weight is 311 g/mol. The van der Waals surface area contributed by atoms with Gasteiger partial charge in [0.2, 0.25) is 5.91 Å². The summed E-state index contributed by atoms with van der Waals surface area (Å²) < 4.78 is 13.9. The van der Waals surface area contributed by atoms with Crippen molar-refractivity contribution in [3.05, 3.63) is 34.6 Å². The first kappa shape index (κ1) is 14.8. The number of nitrogens with zero attached hydrogens (tertiary/aromatic N) is 1. The summed E-state index contributed by atoms with van der Waals surface area (Å²) in [6.07, 6.45) is 4.69. The van der Waals surface area contributed by atoms with Crippen molar-refractivity contribution in [2.24, 2.45) is 0 Å². The van der Waals surface area contributed by atoms with Gasteiger partial charge in [0.25, 0.3) is 0 Å². The molecule has 1 atom stereocenters. The summed E-state index contributed by atoms with van der Waals surface area (Å²) in [6, 6.07) is 5.19. The molecule has 5 heteroatoms. The Morgan fingerprint density at radius 1 is 1.38 bits per heavy atom. The lowest BCUT2D eigenvalue weighted by atomic mass is 10.1. The van der Waals surface area contributed by atoms with E-state index in [0.29, 0.717) is 17.0 Å². The van der Waals surface area contributed by atoms with Crippen LogP contribution in [0.2, 0.25) is 5.02 Å². The largest absolute Gasteiger partial charge is 0.335 e. The van der Waals surface area contributed by atoms with E-state index in [1.54, 1.807) is 12.1 Å². The summed E-state index contributed by atoms with van der Waals surface area (Å²) in [5, 5.41) is 3.74. The molecule has 2 aliphatic rings. The topological polar surface area (TPSA) is 32.3 Å². The number of hydrogen-bond acceptors (Lipinski definition) is 2. The molecule has 21 heavy (non-hydrogen) atoms. The van der Waals surface area contributed by atoms with Crippen LogP contribution in [0.5, 0.6) is 0 Å². The Morgan fingerprint density at radius 2 is 2.19 bits per heavy atom. The molecular weight excluding hydrogens is 291 g/mol. The van der Waals surface area contributed by atoms with Crippen LogP contribution in [-0.2, 0) is 11.3 Å². The molecular formula is C16H20ClFN2O. The van der Waals surface area contributed by atoms with Gasteiger partial charge in [0.1, 0.15) is 5.82 Å². The van der Waals surface area contributed by atoms with E-state index in [1.807, 2.05) is 4.90 Å². The molecule has 3 rings (SSSR count). The van der Waals surface area contributed by atoms with Crippen molar-refractivity contribution in [1.82, 2.24) is 10.2 Å². The van der Waals surface area contributed by atoms with Crippen molar-refractivity contribution < 1.29 is 9.18 Å². The number of halogens is 2. The molecule has 0 spiro atoms. The van der Waals surface area contributed by atoms with Gasteiger partial charge in [-0.15, -0.1) is 0 Å². The SMILES string of the molecule is O=C(CC1CCCN1)N(Cc1c(F)cccc1Cl)C1CC1. The van der Waals surface area contributed by atoms with E-state index in [-0.39, 0.29) is 30.4 Å². The zero-order chi connectivity index (χ0) is 14.8. The molecule has 2 fully saturated rings. The van der Waals surface area contributed by atoms with Crippen molar-refractivity contribution in [2.75, 3.05) is 6.54 Å². The summed E-state index contributed by atoms with van der Waals surface area (Å²) in [5.74, 6) is -0.226. The quantitative estimate of drug-likeness (QED) is 0.906. The highest BCUT2D eigenvalue weighted by atomic mass is 35.5. The first-order valence-electron chi connectivity index (χ1n) is 7.61. The molecule has 1 N–H and O–H groups in total. The van der Waals surface area contributed by atoms with Gasteiger partial charge < -0.3 is 10.2 Å². The van der Waals surface area contributed by atoms with E-state index in [1.165, 1.54) is 6.07 Å². The lowest BCUT2D eigenvalue weighted by Gasteiger charge is -2.25. The monoisotopic (exact) mass is 310 g/mol. The first-order chi connectivity index (χ1) is 10.1. The Morgan fingerprint density at radius 3 is 2.81 bits per heavy atom. The molecule has 1 aromatic carbocycles. The first-order valence-corrected chi connectivity index (χ1v) is 7.98. The molecule has 0 bridgehead atoms. The van der Waals surface area contributed by atoms with Crippen LogP contribution in [0, 0.1) is 5.82 Å². The standard InChI is InChI=1S/C16H20ClFN2O/c17-14-4-1-5-15(18)13(14)10-20(12-6-7-12)16(21)9-11-3-2-8-19-11/h1,4-5,11-12,19H,2-3,6-10H2. The number of rotatable bonds is 5. The average Bonchev–Trinajstić information content (AvgIpc) is 3.16. The van der Waals surface area contributed by atoms with Gasteiger partial charge in [-0.1, -0.05) is 17.7 Å². The maximum Gasteiger partial charge on any atom is 0.224 e. The summed E-state index contributed by atoms with van der Waals surface area (Å²) in [4.78, 5) is 14.3. The van der Waals surface area contributed by atoms with Gasteiger partial charge in [-0.2, -0.15) is 0 Å². The molecule has 1 amide bonds. The third-order valence-corrected chi connectivity index (χ3v) is 4.64. The number of amides is 1. The second kappa shape index (κ2) is 6.32. The minimum Gasteiger partial charge on any atom is -0.335 e. The molecule has 114 valence electrons. The van der Waals surface area contributed by atoms with E-state index in [4.69, 9.17) is 11.6 Å². The van der Waals surface area contributed by atoms with Crippen LogP contribution in [-0.4, -0.2) is 29.4 Å². The van der Waals surface area contributed by atoms with Crippen LogP contribution >= 0.6 is 11.6 Å². The van der Waals surface area contributed by atoms with Gasteiger partial charge in [-0.25, -0.2) is 4.39 Å². The Bertz CT molecular complexity index is 507. The van der Waals surface area contributed by atoms with E-state index in [2.05, 4.69) is 5.32 Å². The lowest BCUT2D eigenvalue weighted by Crippen LogP contribution is -2.37. The highest BCUT2D eigenvalue weighted by Gasteiger charge is 2.34. The molecule has 3 nitrogen and oxygen atoms in total. The van der Waals surface area contributed by atoms with Gasteiger partial charge in [0, 0.05) is 29.1 Å². The highest BCUT2D eigenvalue weighted by Crippen LogP contribution is 2.31. The van der Waals surface area contributed by atoms with Crippen LogP contribution in [0.3, 0.4) is 0 Å². The lowest BCUT2D eigenvalue weighted by molar-refractivity contribution is -0.132. The zero-order valence-corrected chi connectivity index (χ0v) is 12.7. The van der Waals surface area contributed by atoms with Crippen molar-refractivity contribution in [3.63, 3.8) is 0 Å². The number of carbonyl (C=O) groups is 1. The molecule has 0 aromatic heterocycles. The maximum absolute atomic E-state index is 13.9. The summed E-state index contributed by atoms with van der Waals surface area (Å²) >= 11 is 6.08. The van der Waals surface area contributed by atoms with Gasteiger partial charge in [0.05, 0.1) is 6.54 Å². The molecule has 1 aromatic rings. The van der Waals surface area contributed by atoms with Crippen molar-refractivity contribution in [3.8, 4) is 0 Å². The van der Waals surface area contributed by atoms with E-state index in [9.17, 15) is 9.18 Å². The summed E-state index contributed by atoms with van der Waals surface area (Å²) in [5.41, 5.74) is 0.429. The van der Waals surface area contributed by atoms with Crippen LogP contribution in [0.1, 0.15) is 37.7 Å². The third kappa shape index (κ3) is 3.55. The Balaban J connectivity index is 1.71. The third-order valence-electron chi connectivity index (χ3n) is 4.28. The molecule has 1 saturated heterocycles. The molecule has 1 aliphatic heterocycles. The predicted octanol–water partition coefficient (Wildman–Crippen LogP) is 3.11. The van der Waals surface area contributed by atoms with Crippen molar-refractivity contribution >= 4 is 17.5 Å². The number of nitrogens with one attached hydrogen (secondary N) is 1. The second-order valence-electron chi connectivity index (χ2n) is 5.95. The van der Waals surface area contributed by atoms with Gasteiger partial charge in [-0.3, -0.25) is 4.79 Å². The fraction of sp³-hybridized carbons (Fsp3) is 0.562. The number of hydrogen-bond donors (Lipinski definition) is 1. The smallest absolute Gasteiger partial charge is 0.224 e. The van der Waals surface area contributed by atoms with Crippen molar-refractivity contribution in [1.29, 1.82) is 0 Å². The normalized spacial score (nSPS) is 21.5. The number of carbonyl (C=O) groups excluding carboxylic acids is 1. The van der Waals surface area contributed by atoms with Crippen molar-refractivity contribution in [2.45, 2.75) is 50.7 Å². The molecule has 1 saturated carbocycles. The fourth-order valence-corrected chi connectivity index (χ4v) is 3.14. The summed E-state index contributed by atoms with van der Waals surface area (Å²) in [7, 11) is 0. The Kier molecular flexibility index (Phi) is 4.45. The van der Waals surface area contributed by atoms with E-state index in [0.717, 1.165) is 32.2 Å². The fourth-order valence-electron chi connectivity index (χ4n) is 2.92. The molecule has 1 heterocycles. The molecule has 1 aliphatic carbocycles. The van der Waals surface area contributed by atoms with Gasteiger partial charge in [0.15, 0.2) is 0 Å². The number of benzene rings is 1. The predicted molar refractivity (Wildman–Crippen MR) is 80.6 cm³/mol. The molecule has 0 radical (unpaired) electrons. The van der Waals surface area contributed by atoms with Crippen LogP contribution < -0.4 is 5.32 Å². The Hall–Kier alpha value is -1.13. The van der Waals surface area contributed by atoms with Gasteiger partial charge in [-0.05, 0) is 44.4 Å². The summed E-state index contributed by atoms with van der Waals surface area (Å²) in [6.45, 7) is 1.27. The maximum atomic E-state index is 13.9. The minimum atomic E-state index is -0.333. The zero-order valence-electron chi connectivity index (χ0n) is 11.9. The van der Waals surface area contributed by atoms with Crippen LogP contribution in [0.15, 0.2) is 18.2 Å². The van der Waals surface area contributed by atoms with E-state index < -0.39 is 0 Å². The van der Waals surface area contributed by atoms with Gasteiger partial charge >= 0.3 is 0 Å². The Labute approximate surface area is 129 Å². The minimum absolute atomic E-state index is 0.108.